The van der Waals surface area contributed by atoms with Gasteiger partial charge in [0.25, 0.3) is 0 Å². The number of nitrogens with two attached hydrogens (primary N) is 1. The van der Waals surface area contributed by atoms with Gasteiger partial charge in [0.15, 0.2) is 0 Å². The molecular formula is C27H32N6OS. The van der Waals surface area contributed by atoms with Crippen LogP contribution in [0.25, 0.3) is 0 Å². The molecule has 7 nitrogen and oxygen atoms in total. The van der Waals surface area contributed by atoms with E-state index in [0.29, 0.717) is 46.0 Å². The Morgan fingerprint density at radius 2 is 1.83 bits per heavy atom. The summed E-state index contributed by atoms with van der Waals surface area (Å²) in [4.78, 5) is 22.0. The summed E-state index contributed by atoms with van der Waals surface area (Å²) in [6, 6.07) is 15.1. The molecule has 0 radical (unpaired) electrons. The van der Waals surface area contributed by atoms with E-state index in [-0.39, 0.29) is 0 Å². The number of rotatable bonds is 7. The first-order chi connectivity index (χ1) is 17.0. The largest absolute Gasteiger partial charge is 0.368 e. The molecule has 1 unspecified atom stereocenters. The Balaban J connectivity index is 1.68. The van der Waals surface area contributed by atoms with E-state index in [4.69, 9.17) is 10.7 Å². The number of carbonyl (C=O) groups excluding carboxylic acids is 1. The lowest BCUT2D eigenvalue weighted by Gasteiger charge is -2.39. The Hall–Kier alpha value is -3.07. The van der Waals surface area contributed by atoms with Crippen LogP contribution in [-0.2, 0) is 11.2 Å². The van der Waals surface area contributed by atoms with Crippen LogP contribution in [0.3, 0.4) is 0 Å². The van der Waals surface area contributed by atoms with Gasteiger partial charge in [0.2, 0.25) is 5.91 Å². The summed E-state index contributed by atoms with van der Waals surface area (Å²) in [7, 11) is 0. The molecule has 0 saturated carbocycles. The average molecular weight is 489 g/mol. The fraction of sp³-hybridized carbons (Fsp3) is 0.481. The van der Waals surface area contributed by atoms with E-state index in [1.807, 2.05) is 37.3 Å². The normalized spacial score (nSPS) is 19.8. The van der Waals surface area contributed by atoms with Crippen molar-refractivity contribution in [1.29, 1.82) is 10.5 Å². The van der Waals surface area contributed by atoms with Crippen LogP contribution in [-0.4, -0.2) is 47.5 Å². The maximum Gasteiger partial charge on any atom is 0.235 e. The second-order valence-electron chi connectivity index (χ2n) is 9.30. The molecule has 1 aromatic carbocycles. The maximum atomic E-state index is 12.4. The van der Waals surface area contributed by atoms with Crippen molar-refractivity contribution in [1.82, 2.24) is 9.88 Å². The zero-order valence-electron chi connectivity index (χ0n) is 20.4. The van der Waals surface area contributed by atoms with Gasteiger partial charge in [0.1, 0.15) is 28.2 Å². The summed E-state index contributed by atoms with van der Waals surface area (Å²) < 4.78 is 0. The number of piperidine rings is 1. The lowest BCUT2D eigenvalue weighted by atomic mass is 9.99. The van der Waals surface area contributed by atoms with Crippen LogP contribution >= 0.6 is 11.8 Å². The topological polar surface area (TPSA) is 110 Å². The lowest BCUT2D eigenvalue weighted by Crippen LogP contribution is -2.46. The van der Waals surface area contributed by atoms with Gasteiger partial charge in [-0.1, -0.05) is 49.0 Å². The number of nitrogens with zero attached hydrogens (tertiary/aromatic N) is 5. The van der Waals surface area contributed by atoms with E-state index in [2.05, 4.69) is 28.9 Å². The minimum absolute atomic E-state index is 0.362. The summed E-state index contributed by atoms with van der Waals surface area (Å²) in [6.45, 7) is 7.05. The average Bonchev–Trinajstić information content (AvgIpc) is 3.32. The standard InChI is InChI=1S/C27H32N6OS/c1-3-21-22(16-28)26(32-14-11-20(12-15-32)33-13-7-8-18(33)2)31-27(23(21)17-29)35-24(25(30)34)19-9-5-4-6-10-19/h4-6,9-10,18,20,24H,3,7-8,11-15H2,1-2H3,(H2,30,34)/t18-,24?/m1/s1. The first kappa shape index (κ1) is 25.0. The van der Waals surface area contributed by atoms with Crippen molar-refractivity contribution in [2.75, 3.05) is 24.5 Å². The highest BCUT2D eigenvalue weighted by atomic mass is 32.2. The molecule has 1 amide bonds. The number of anilines is 1. The number of benzene rings is 1. The van der Waals surface area contributed by atoms with Crippen LogP contribution < -0.4 is 10.6 Å². The van der Waals surface area contributed by atoms with E-state index < -0.39 is 11.2 Å². The molecule has 0 spiro atoms. The molecule has 2 saturated heterocycles. The third kappa shape index (κ3) is 5.15. The molecule has 3 heterocycles. The molecule has 35 heavy (non-hydrogen) atoms. The number of carbonyl (C=O) groups is 1. The van der Waals surface area contributed by atoms with Crippen molar-refractivity contribution in [2.45, 2.75) is 68.3 Å². The Bertz CT molecular complexity index is 1150. The Morgan fingerprint density at radius 1 is 1.14 bits per heavy atom. The van der Waals surface area contributed by atoms with Crippen molar-refractivity contribution in [3.05, 3.63) is 52.6 Å². The molecular weight excluding hydrogens is 456 g/mol. The maximum absolute atomic E-state index is 12.4. The Labute approximate surface area is 211 Å². The molecule has 2 aliphatic heterocycles. The smallest absolute Gasteiger partial charge is 0.235 e. The van der Waals surface area contributed by atoms with Crippen LogP contribution in [0.4, 0.5) is 5.82 Å². The summed E-state index contributed by atoms with van der Waals surface area (Å²) in [5.74, 6) is 0.131. The highest BCUT2D eigenvalue weighted by Gasteiger charge is 2.33. The number of aromatic nitrogens is 1. The van der Waals surface area contributed by atoms with Gasteiger partial charge in [0, 0.05) is 25.2 Å². The Morgan fingerprint density at radius 3 is 2.37 bits per heavy atom. The van der Waals surface area contributed by atoms with E-state index in [1.165, 1.54) is 31.1 Å². The van der Waals surface area contributed by atoms with Crippen molar-refractivity contribution < 1.29 is 4.79 Å². The highest BCUT2D eigenvalue weighted by Crippen LogP contribution is 2.40. The van der Waals surface area contributed by atoms with Gasteiger partial charge in [-0.25, -0.2) is 4.98 Å². The van der Waals surface area contributed by atoms with Crippen molar-refractivity contribution in [3.8, 4) is 12.1 Å². The van der Waals surface area contributed by atoms with E-state index in [9.17, 15) is 15.3 Å². The lowest BCUT2D eigenvalue weighted by molar-refractivity contribution is -0.117. The molecule has 4 rings (SSSR count). The molecule has 0 bridgehead atoms. The first-order valence-electron chi connectivity index (χ1n) is 12.4. The molecule has 1 aromatic heterocycles. The number of likely N-dealkylation sites (tertiary alicyclic amines) is 1. The third-order valence-corrected chi connectivity index (χ3v) is 8.51. The molecule has 2 fully saturated rings. The molecule has 2 atom stereocenters. The third-order valence-electron chi connectivity index (χ3n) is 7.25. The number of primary amides is 1. The first-order valence-corrected chi connectivity index (χ1v) is 13.2. The summed E-state index contributed by atoms with van der Waals surface area (Å²) in [6.07, 6.45) is 5.10. The van der Waals surface area contributed by atoms with Crippen molar-refractivity contribution >= 4 is 23.5 Å². The molecule has 2 N–H and O–H groups in total. The number of thioether (sulfide) groups is 1. The van der Waals surface area contributed by atoms with Gasteiger partial charge < -0.3 is 10.6 Å². The molecule has 2 aliphatic rings. The SMILES string of the molecule is CCc1c(C#N)c(SC(C(N)=O)c2ccccc2)nc(N2CCC(N3CCC[C@H]3C)CC2)c1C#N. The second kappa shape index (κ2) is 11.1. The minimum Gasteiger partial charge on any atom is -0.368 e. The van der Waals surface area contributed by atoms with Crippen LogP contribution in [0.15, 0.2) is 35.4 Å². The van der Waals surface area contributed by atoms with Crippen LogP contribution in [0.2, 0.25) is 0 Å². The van der Waals surface area contributed by atoms with Crippen LogP contribution in [0.5, 0.6) is 0 Å². The molecule has 2 aromatic rings. The fourth-order valence-corrected chi connectivity index (χ4v) is 6.49. The fourth-order valence-electron chi connectivity index (χ4n) is 5.43. The van der Waals surface area contributed by atoms with E-state index >= 15 is 0 Å². The number of hydrogen-bond acceptors (Lipinski definition) is 7. The van der Waals surface area contributed by atoms with E-state index in [0.717, 1.165) is 31.5 Å². The zero-order valence-corrected chi connectivity index (χ0v) is 21.2. The monoisotopic (exact) mass is 488 g/mol. The number of hydrogen-bond donors (Lipinski definition) is 1. The number of pyridine rings is 1. The van der Waals surface area contributed by atoms with Crippen molar-refractivity contribution in [2.24, 2.45) is 5.73 Å². The van der Waals surface area contributed by atoms with E-state index in [1.54, 1.807) is 0 Å². The predicted molar refractivity (Wildman–Crippen MR) is 138 cm³/mol. The molecule has 8 heteroatoms. The molecule has 0 aliphatic carbocycles. The van der Waals surface area contributed by atoms with Gasteiger partial charge in [0.05, 0.1) is 11.1 Å². The van der Waals surface area contributed by atoms with Gasteiger partial charge in [-0.15, -0.1) is 0 Å². The van der Waals surface area contributed by atoms with Crippen LogP contribution in [0.1, 0.15) is 67.0 Å². The van der Waals surface area contributed by atoms with Gasteiger partial charge in [-0.05, 0) is 56.7 Å². The Kier molecular flexibility index (Phi) is 7.95. The summed E-state index contributed by atoms with van der Waals surface area (Å²) in [5, 5.41) is 19.9. The quantitative estimate of drug-likeness (QED) is 0.583. The van der Waals surface area contributed by atoms with Gasteiger partial charge >= 0.3 is 0 Å². The predicted octanol–water partition coefficient (Wildman–Crippen LogP) is 4.16. The molecule has 182 valence electrons. The minimum atomic E-state index is -0.677. The van der Waals surface area contributed by atoms with Crippen molar-refractivity contribution in [3.63, 3.8) is 0 Å². The number of amides is 1. The number of nitriles is 2. The highest BCUT2D eigenvalue weighted by molar-refractivity contribution is 8.00. The zero-order chi connectivity index (χ0) is 24.9. The van der Waals surface area contributed by atoms with Crippen LogP contribution in [0, 0.1) is 22.7 Å². The van der Waals surface area contributed by atoms with Gasteiger partial charge in [-0.2, -0.15) is 10.5 Å². The second-order valence-corrected chi connectivity index (χ2v) is 10.4. The van der Waals surface area contributed by atoms with Gasteiger partial charge in [-0.3, -0.25) is 9.69 Å². The summed E-state index contributed by atoms with van der Waals surface area (Å²) in [5.41, 5.74) is 8.05. The summed E-state index contributed by atoms with van der Waals surface area (Å²) >= 11 is 1.20.